The van der Waals surface area contributed by atoms with E-state index in [2.05, 4.69) is 4.98 Å². The molecule has 0 spiro atoms. The zero-order valence-corrected chi connectivity index (χ0v) is 10.9. The largest absolute Gasteiger partial charge is 0.399 e. The molecule has 2 N–H and O–H groups in total. The highest BCUT2D eigenvalue weighted by molar-refractivity contribution is 5.81. The molecular formula is C15H13F2N3. The zero-order valence-electron chi connectivity index (χ0n) is 10.9. The van der Waals surface area contributed by atoms with Gasteiger partial charge in [0.05, 0.1) is 16.7 Å². The Labute approximate surface area is 114 Å². The lowest BCUT2D eigenvalue weighted by Crippen LogP contribution is -2.01. The molecule has 3 rings (SSSR count). The van der Waals surface area contributed by atoms with Crippen molar-refractivity contribution in [3.05, 3.63) is 53.9 Å². The van der Waals surface area contributed by atoms with Crippen molar-refractivity contribution in [1.82, 2.24) is 9.55 Å². The molecule has 3 aromatic rings. The Kier molecular flexibility index (Phi) is 2.89. The summed E-state index contributed by atoms with van der Waals surface area (Å²) in [7, 11) is 0. The third-order valence-corrected chi connectivity index (χ3v) is 3.17. The summed E-state index contributed by atoms with van der Waals surface area (Å²) in [6.07, 6.45) is 0.646. The van der Waals surface area contributed by atoms with E-state index in [0.717, 1.165) is 17.4 Å². The van der Waals surface area contributed by atoms with Gasteiger partial charge in [0.15, 0.2) is 0 Å². The normalized spacial score (nSPS) is 11.2. The fourth-order valence-electron chi connectivity index (χ4n) is 2.34. The summed E-state index contributed by atoms with van der Waals surface area (Å²) in [6.45, 7) is 1.94. The first-order valence-corrected chi connectivity index (χ1v) is 6.32. The molecule has 0 amide bonds. The first-order valence-electron chi connectivity index (χ1n) is 6.32. The molecule has 20 heavy (non-hydrogen) atoms. The van der Waals surface area contributed by atoms with Crippen molar-refractivity contribution >= 4 is 16.7 Å². The number of benzene rings is 2. The number of hydrogen-bond donors (Lipinski definition) is 1. The predicted molar refractivity (Wildman–Crippen MR) is 74.8 cm³/mol. The zero-order chi connectivity index (χ0) is 14.3. The van der Waals surface area contributed by atoms with Gasteiger partial charge in [-0.2, -0.15) is 0 Å². The molecule has 0 saturated carbocycles. The molecule has 0 radical (unpaired) electrons. The van der Waals surface area contributed by atoms with Crippen LogP contribution in [0.2, 0.25) is 0 Å². The standard InChI is InChI=1S/C15H13F2N3/c1-2-15-19-13-8-11(18)3-4-14(13)20(15)12-6-9(16)5-10(17)7-12/h3-8H,2,18H2,1H3. The topological polar surface area (TPSA) is 43.8 Å². The molecule has 0 aliphatic carbocycles. The van der Waals surface area contributed by atoms with Crippen molar-refractivity contribution in [1.29, 1.82) is 0 Å². The molecule has 0 saturated heterocycles. The minimum atomic E-state index is -0.612. The van der Waals surface area contributed by atoms with Crippen molar-refractivity contribution in [2.24, 2.45) is 0 Å². The van der Waals surface area contributed by atoms with E-state index >= 15 is 0 Å². The number of imidazole rings is 1. The highest BCUT2D eigenvalue weighted by Crippen LogP contribution is 2.24. The number of nitrogens with zero attached hydrogens (tertiary/aromatic N) is 2. The quantitative estimate of drug-likeness (QED) is 0.727. The maximum Gasteiger partial charge on any atom is 0.128 e. The first-order chi connectivity index (χ1) is 9.58. The van der Waals surface area contributed by atoms with Gasteiger partial charge in [0.1, 0.15) is 17.5 Å². The Hall–Kier alpha value is -2.43. The van der Waals surface area contributed by atoms with Crippen LogP contribution in [0.3, 0.4) is 0 Å². The van der Waals surface area contributed by atoms with Gasteiger partial charge >= 0.3 is 0 Å². The lowest BCUT2D eigenvalue weighted by molar-refractivity contribution is 0.581. The number of aryl methyl sites for hydroxylation is 1. The molecule has 0 fully saturated rings. The Bertz CT molecular complexity index is 773. The van der Waals surface area contributed by atoms with Gasteiger partial charge in [0, 0.05) is 18.2 Å². The van der Waals surface area contributed by atoms with Crippen LogP contribution >= 0.6 is 0 Å². The molecule has 102 valence electrons. The highest BCUT2D eigenvalue weighted by atomic mass is 19.1. The van der Waals surface area contributed by atoms with E-state index in [1.54, 1.807) is 22.8 Å². The van der Waals surface area contributed by atoms with Crippen LogP contribution in [0.15, 0.2) is 36.4 Å². The van der Waals surface area contributed by atoms with Gasteiger partial charge in [-0.15, -0.1) is 0 Å². The maximum absolute atomic E-state index is 13.4. The number of fused-ring (bicyclic) bond motifs is 1. The van der Waals surface area contributed by atoms with Gasteiger partial charge in [0.25, 0.3) is 0 Å². The van der Waals surface area contributed by atoms with Crippen LogP contribution in [0, 0.1) is 11.6 Å². The molecule has 0 unspecified atom stereocenters. The van der Waals surface area contributed by atoms with E-state index in [1.165, 1.54) is 12.1 Å². The van der Waals surface area contributed by atoms with Gasteiger partial charge in [-0.05, 0) is 30.3 Å². The van der Waals surface area contributed by atoms with E-state index in [4.69, 9.17) is 5.73 Å². The smallest absolute Gasteiger partial charge is 0.128 e. The number of hydrogen-bond acceptors (Lipinski definition) is 2. The van der Waals surface area contributed by atoms with Crippen molar-refractivity contribution in [2.75, 3.05) is 5.73 Å². The summed E-state index contributed by atoms with van der Waals surface area (Å²) in [6, 6.07) is 8.74. The van der Waals surface area contributed by atoms with Crippen LogP contribution in [-0.2, 0) is 6.42 Å². The summed E-state index contributed by atoms with van der Waals surface area (Å²) < 4.78 is 28.6. The lowest BCUT2D eigenvalue weighted by Gasteiger charge is -2.08. The van der Waals surface area contributed by atoms with Crippen LogP contribution in [0.1, 0.15) is 12.7 Å². The monoisotopic (exact) mass is 273 g/mol. The number of nitrogen functional groups attached to an aromatic ring is 1. The lowest BCUT2D eigenvalue weighted by atomic mass is 10.2. The molecule has 0 aliphatic rings. The summed E-state index contributed by atoms with van der Waals surface area (Å²) in [5.74, 6) is -0.491. The van der Waals surface area contributed by atoms with E-state index in [-0.39, 0.29) is 0 Å². The molecule has 2 aromatic carbocycles. The third kappa shape index (κ3) is 2.01. The molecular weight excluding hydrogens is 260 g/mol. The molecule has 3 nitrogen and oxygen atoms in total. The van der Waals surface area contributed by atoms with E-state index in [1.807, 2.05) is 6.92 Å². The molecule has 1 heterocycles. The van der Waals surface area contributed by atoms with Gasteiger partial charge in [-0.25, -0.2) is 13.8 Å². The minimum Gasteiger partial charge on any atom is -0.399 e. The highest BCUT2D eigenvalue weighted by Gasteiger charge is 2.13. The second kappa shape index (κ2) is 4.59. The van der Waals surface area contributed by atoms with Crippen LogP contribution < -0.4 is 5.73 Å². The van der Waals surface area contributed by atoms with Gasteiger partial charge in [-0.3, -0.25) is 4.57 Å². The predicted octanol–water partition coefficient (Wildman–Crippen LogP) is 3.45. The average Bonchev–Trinajstić information content (AvgIpc) is 2.74. The third-order valence-electron chi connectivity index (χ3n) is 3.17. The van der Waals surface area contributed by atoms with Crippen molar-refractivity contribution in [3.8, 4) is 5.69 Å². The Morgan fingerprint density at radius 3 is 2.45 bits per heavy atom. The first kappa shape index (κ1) is 12.6. The number of nitrogens with two attached hydrogens (primary N) is 1. The Morgan fingerprint density at radius 1 is 1.10 bits per heavy atom. The van der Waals surface area contributed by atoms with Crippen molar-refractivity contribution in [2.45, 2.75) is 13.3 Å². The summed E-state index contributed by atoms with van der Waals surface area (Å²) in [5, 5.41) is 0. The van der Waals surface area contributed by atoms with E-state index in [0.29, 0.717) is 23.3 Å². The van der Waals surface area contributed by atoms with Gasteiger partial charge < -0.3 is 5.73 Å². The fraction of sp³-hybridized carbons (Fsp3) is 0.133. The molecule has 1 aromatic heterocycles. The number of rotatable bonds is 2. The van der Waals surface area contributed by atoms with Crippen molar-refractivity contribution < 1.29 is 8.78 Å². The molecule has 0 atom stereocenters. The number of aromatic nitrogens is 2. The summed E-state index contributed by atoms with van der Waals surface area (Å²) in [5.41, 5.74) is 8.26. The Morgan fingerprint density at radius 2 is 1.80 bits per heavy atom. The maximum atomic E-state index is 13.4. The van der Waals surface area contributed by atoms with Gasteiger partial charge in [-0.1, -0.05) is 6.92 Å². The number of halogens is 2. The average molecular weight is 273 g/mol. The van der Waals surface area contributed by atoms with E-state index in [9.17, 15) is 8.78 Å². The van der Waals surface area contributed by atoms with Crippen LogP contribution in [0.5, 0.6) is 0 Å². The Balaban J connectivity index is 2.33. The van der Waals surface area contributed by atoms with Crippen LogP contribution in [0.4, 0.5) is 14.5 Å². The van der Waals surface area contributed by atoms with Crippen molar-refractivity contribution in [3.63, 3.8) is 0 Å². The fourth-order valence-corrected chi connectivity index (χ4v) is 2.34. The van der Waals surface area contributed by atoms with Gasteiger partial charge in [0.2, 0.25) is 0 Å². The summed E-state index contributed by atoms with van der Waals surface area (Å²) >= 11 is 0. The SMILES string of the molecule is CCc1nc2cc(N)ccc2n1-c1cc(F)cc(F)c1. The van der Waals surface area contributed by atoms with Crippen LogP contribution in [0.25, 0.3) is 16.7 Å². The molecule has 0 bridgehead atoms. The molecule has 5 heteroatoms. The minimum absolute atomic E-state index is 0.423. The van der Waals surface area contributed by atoms with Crippen LogP contribution in [-0.4, -0.2) is 9.55 Å². The van der Waals surface area contributed by atoms with E-state index < -0.39 is 11.6 Å². The second-order valence-corrected chi connectivity index (χ2v) is 4.59. The summed E-state index contributed by atoms with van der Waals surface area (Å²) in [4.78, 5) is 4.47. The second-order valence-electron chi connectivity index (χ2n) is 4.59. The molecule has 0 aliphatic heterocycles. The number of anilines is 1.